The van der Waals surface area contributed by atoms with Crippen molar-refractivity contribution in [3.8, 4) is 5.75 Å². The highest BCUT2D eigenvalue weighted by Gasteiger charge is 2.21. The number of hydrogen-bond donors (Lipinski definition) is 1. The number of aliphatic hydroxyl groups excluding tert-OH is 1. The Kier molecular flexibility index (Phi) is 8.68. The molecule has 0 saturated carbocycles. The van der Waals surface area contributed by atoms with E-state index in [0.29, 0.717) is 25.7 Å². The molecule has 0 spiro atoms. The smallest absolute Gasteiger partial charge is 0.118 e. The normalized spacial score (nSPS) is 18.9. The van der Waals surface area contributed by atoms with E-state index in [9.17, 15) is 5.11 Å². The maximum Gasteiger partial charge on any atom is 0.118 e. The lowest BCUT2D eigenvalue weighted by Gasteiger charge is -2.27. The summed E-state index contributed by atoms with van der Waals surface area (Å²) in [5.41, 5.74) is 1.20. The molecule has 2 rings (SSSR count). The highest BCUT2D eigenvalue weighted by molar-refractivity contribution is 5.27. The fraction of sp³-hybridized carbons (Fsp3) is 0.700. The molecule has 1 aromatic rings. The molecule has 5 nitrogen and oxygen atoms in total. The summed E-state index contributed by atoms with van der Waals surface area (Å²) in [5, 5.41) is 10.3. The van der Waals surface area contributed by atoms with Crippen LogP contribution in [0.5, 0.6) is 5.75 Å². The van der Waals surface area contributed by atoms with Gasteiger partial charge in [-0.1, -0.05) is 26.0 Å². The molecule has 0 radical (unpaired) electrons. The Labute approximate surface area is 151 Å². The van der Waals surface area contributed by atoms with Crippen molar-refractivity contribution in [2.45, 2.75) is 45.4 Å². The van der Waals surface area contributed by atoms with E-state index in [1.807, 2.05) is 12.1 Å². The van der Waals surface area contributed by atoms with Gasteiger partial charge in [-0.2, -0.15) is 0 Å². The van der Waals surface area contributed by atoms with Gasteiger partial charge < -0.3 is 19.3 Å². The molecule has 5 heteroatoms. The summed E-state index contributed by atoms with van der Waals surface area (Å²) in [7, 11) is 1.67. The van der Waals surface area contributed by atoms with Crippen LogP contribution in [0.25, 0.3) is 0 Å². The minimum absolute atomic E-state index is 0.266. The second-order valence-corrected chi connectivity index (χ2v) is 7.26. The van der Waals surface area contributed by atoms with Crippen molar-refractivity contribution in [3.05, 3.63) is 29.8 Å². The Balaban J connectivity index is 1.89. The first-order valence-corrected chi connectivity index (χ1v) is 9.29. The summed E-state index contributed by atoms with van der Waals surface area (Å²) < 4.78 is 16.6. The van der Waals surface area contributed by atoms with Gasteiger partial charge in [0, 0.05) is 32.8 Å². The maximum absolute atomic E-state index is 10.3. The molecule has 1 fully saturated rings. The van der Waals surface area contributed by atoms with Gasteiger partial charge in [-0.25, -0.2) is 0 Å². The van der Waals surface area contributed by atoms with Gasteiger partial charge in [0.15, 0.2) is 0 Å². The molecule has 1 aliphatic heterocycles. The second kappa shape index (κ2) is 10.8. The molecule has 0 bridgehead atoms. The molecule has 1 heterocycles. The van der Waals surface area contributed by atoms with Crippen LogP contribution in [0.15, 0.2) is 24.3 Å². The van der Waals surface area contributed by atoms with Crippen molar-refractivity contribution < 1.29 is 19.3 Å². The maximum atomic E-state index is 10.3. The van der Waals surface area contributed by atoms with Crippen molar-refractivity contribution in [1.29, 1.82) is 0 Å². The van der Waals surface area contributed by atoms with Crippen LogP contribution in [0.4, 0.5) is 0 Å². The average Bonchev–Trinajstić information content (AvgIpc) is 3.08. The van der Waals surface area contributed by atoms with Crippen molar-refractivity contribution >= 4 is 0 Å². The molecule has 0 aromatic heterocycles. The zero-order valence-electron chi connectivity index (χ0n) is 15.8. The van der Waals surface area contributed by atoms with Crippen molar-refractivity contribution in [1.82, 2.24) is 4.90 Å². The second-order valence-electron chi connectivity index (χ2n) is 7.26. The first-order chi connectivity index (χ1) is 12.1. The van der Waals surface area contributed by atoms with Crippen molar-refractivity contribution in [3.63, 3.8) is 0 Å². The SMILES string of the molecule is COc1ccc(CN(C[C@@H](O)COCC(C)C)C[C@H]2CCCO2)cc1. The van der Waals surface area contributed by atoms with Crippen molar-refractivity contribution in [2.24, 2.45) is 5.92 Å². The highest BCUT2D eigenvalue weighted by Crippen LogP contribution is 2.17. The van der Waals surface area contributed by atoms with Gasteiger partial charge in [0.25, 0.3) is 0 Å². The van der Waals surface area contributed by atoms with Crippen LogP contribution in [0, 0.1) is 5.92 Å². The Morgan fingerprint density at radius 2 is 2.00 bits per heavy atom. The molecule has 1 aliphatic rings. The fourth-order valence-electron chi connectivity index (χ4n) is 3.06. The topological polar surface area (TPSA) is 51.2 Å². The largest absolute Gasteiger partial charge is 0.497 e. The molecular formula is C20H33NO4. The van der Waals surface area contributed by atoms with Gasteiger partial charge in [0.1, 0.15) is 5.75 Å². The van der Waals surface area contributed by atoms with E-state index in [1.165, 1.54) is 5.56 Å². The van der Waals surface area contributed by atoms with Crippen LogP contribution < -0.4 is 4.74 Å². The van der Waals surface area contributed by atoms with Crippen LogP contribution in [0.2, 0.25) is 0 Å². The number of methoxy groups -OCH3 is 1. The molecule has 0 aliphatic carbocycles. The number of aliphatic hydroxyl groups is 1. The zero-order chi connectivity index (χ0) is 18.1. The highest BCUT2D eigenvalue weighted by atomic mass is 16.5. The minimum Gasteiger partial charge on any atom is -0.497 e. The van der Waals surface area contributed by atoms with Gasteiger partial charge in [0.2, 0.25) is 0 Å². The Morgan fingerprint density at radius 3 is 2.60 bits per heavy atom. The molecule has 142 valence electrons. The number of nitrogens with zero attached hydrogens (tertiary/aromatic N) is 1. The van der Waals surface area contributed by atoms with E-state index < -0.39 is 6.10 Å². The number of hydrogen-bond acceptors (Lipinski definition) is 5. The Hall–Kier alpha value is -1.14. The predicted octanol–water partition coefficient (Wildman–Crippen LogP) is 2.71. The van der Waals surface area contributed by atoms with Gasteiger partial charge in [0.05, 0.1) is 25.9 Å². The Bertz CT molecular complexity index is 471. The molecule has 2 atom stereocenters. The summed E-state index contributed by atoms with van der Waals surface area (Å²) in [6.07, 6.45) is 2.00. The first kappa shape index (κ1) is 20.2. The third kappa shape index (κ3) is 7.74. The summed E-state index contributed by atoms with van der Waals surface area (Å²) >= 11 is 0. The summed E-state index contributed by atoms with van der Waals surface area (Å²) in [4.78, 5) is 2.27. The van der Waals surface area contributed by atoms with Crippen LogP contribution in [-0.2, 0) is 16.0 Å². The minimum atomic E-state index is -0.488. The van der Waals surface area contributed by atoms with Crippen LogP contribution in [0.3, 0.4) is 0 Å². The van der Waals surface area contributed by atoms with E-state index in [4.69, 9.17) is 14.2 Å². The summed E-state index contributed by atoms with van der Waals surface area (Å²) in [6.45, 7) is 8.34. The van der Waals surface area contributed by atoms with Gasteiger partial charge in [-0.15, -0.1) is 0 Å². The lowest BCUT2D eigenvalue weighted by Crippen LogP contribution is -2.39. The van der Waals surface area contributed by atoms with Crippen molar-refractivity contribution in [2.75, 3.05) is 40.0 Å². The van der Waals surface area contributed by atoms with Crippen LogP contribution in [0.1, 0.15) is 32.3 Å². The standard InChI is InChI=1S/C20H33NO4/c1-16(2)14-24-15-18(22)12-21(13-20-5-4-10-25-20)11-17-6-8-19(23-3)9-7-17/h6-9,16,18,20,22H,4-5,10-15H2,1-3H3/t18-,20-/m1/s1. The quantitative estimate of drug-likeness (QED) is 0.664. The molecular weight excluding hydrogens is 318 g/mol. The van der Waals surface area contributed by atoms with E-state index in [0.717, 1.165) is 38.3 Å². The molecule has 1 N–H and O–H groups in total. The van der Waals surface area contributed by atoms with E-state index in [-0.39, 0.29) is 6.10 Å². The number of rotatable bonds is 11. The number of ether oxygens (including phenoxy) is 3. The zero-order valence-corrected chi connectivity index (χ0v) is 15.8. The lowest BCUT2D eigenvalue weighted by molar-refractivity contribution is -0.00391. The lowest BCUT2D eigenvalue weighted by atomic mass is 10.1. The molecule has 0 amide bonds. The van der Waals surface area contributed by atoms with Gasteiger partial charge >= 0.3 is 0 Å². The van der Waals surface area contributed by atoms with Crippen LogP contribution in [-0.4, -0.2) is 62.2 Å². The predicted molar refractivity (Wildman–Crippen MR) is 98.9 cm³/mol. The van der Waals surface area contributed by atoms with E-state index >= 15 is 0 Å². The summed E-state index contributed by atoms with van der Waals surface area (Å²) in [6, 6.07) is 8.09. The van der Waals surface area contributed by atoms with Gasteiger partial charge in [-0.05, 0) is 36.5 Å². The third-order valence-electron chi connectivity index (χ3n) is 4.28. The molecule has 1 saturated heterocycles. The van der Waals surface area contributed by atoms with Gasteiger partial charge in [-0.3, -0.25) is 4.90 Å². The molecule has 1 aromatic carbocycles. The fourth-order valence-corrected chi connectivity index (χ4v) is 3.06. The number of benzene rings is 1. The average molecular weight is 351 g/mol. The molecule has 0 unspecified atom stereocenters. The first-order valence-electron chi connectivity index (χ1n) is 9.29. The Morgan fingerprint density at radius 1 is 1.24 bits per heavy atom. The molecule has 25 heavy (non-hydrogen) atoms. The van der Waals surface area contributed by atoms with Crippen LogP contribution >= 0.6 is 0 Å². The van der Waals surface area contributed by atoms with E-state index in [1.54, 1.807) is 7.11 Å². The summed E-state index contributed by atoms with van der Waals surface area (Å²) in [5.74, 6) is 1.34. The third-order valence-corrected chi connectivity index (χ3v) is 4.28. The van der Waals surface area contributed by atoms with E-state index in [2.05, 4.69) is 30.9 Å². The monoisotopic (exact) mass is 351 g/mol.